The zero-order chi connectivity index (χ0) is 22.1. The van der Waals surface area contributed by atoms with Gasteiger partial charge in [0.25, 0.3) is 0 Å². The van der Waals surface area contributed by atoms with Crippen molar-refractivity contribution in [2.75, 3.05) is 4.90 Å². The lowest BCUT2D eigenvalue weighted by atomic mass is 9.87. The average molecular weight is 424 g/mol. The lowest BCUT2D eigenvalue weighted by Crippen LogP contribution is -2.43. The normalized spacial score (nSPS) is 15.8. The van der Waals surface area contributed by atoms with Gasteiger partial charge in [-0.1, -0.05) is 49.0 Å². The van der Waals surface area contributed by atoms with Gasteiger partial charge in [-0.15, -0.1) is 0 Å². The minimum absolute atomic E-state index is 0.0872. The summed E-state index contributed by atoms with van der Waals surface area (Å²) >= 11 is 0. The van der Waals surface area contributed by atoms with E-state index >= 15 is 0 Å². The van der Waals surface area contributed by atoms with Crippen molar-refractivity contribution in [3.63, 3.8) is 0 Å². The first kappa shape index (κ1) is 22.9. The van der Waals surface area contributed by atoms with Gasteiger partial charge in [0.2, 0.25) is 11.8 Å². The largest absolute Gasteiger partial charge is 0.339 e. The molecule has 0 spiro atoms. The molecule has 0 N–H and O–H groups in total. The Balaban J connectivity index is 1.70. The van der Waals surface area contributed by atoms with Crippen LogP contribution in [0.4, 0.5) is 5.69 Å². The molecular formula is C25H33N3O3. The Hall–Kier alpha value is -2.76. The van der Waals surface area contributed by atoms with Crippen LogP contribution in [-0.2, 0) is 16.0 Å². The highest BCUT2D eigenvalue weighted by Crippen LogP contribution is 2.30. The maximum atomic E-state index is 13.5. The Morgan fingerprint density at radius 1 is 1.26 bits per heavy atom. The summed E-state index contributed by atoms with van der Waals surface area (Å²) in [6.07, 6.45) is 13.0. The molecule has 1 aromatic carbocycles. The van der Waals surface area contributed by atoms with Crippen molar-refractivity contribution in [2.24, 2.45) is 5.92 Å². The Kier molecular flexibility index (Phi) is 8.56. The molecule has 1 aliphatic rings. The minimum atomic E-state index is 0.0872. The molecule has 166 valence electrons. The number of aromatic nitrogens is 2. The molecule has 1 saturated carbocycles. The van der Waals surface area contributed by atoms with E-state index in [4.69, 9.17) is 4.52 Å². The van der Waals surface area contributed by atoms with Crippen molar-refractivity contribution in [1.82, 2.24) is 10.1 Å². The number of anilines is 1. The molecular weight excluding hydrogens is 390 g/mol. The van der Waals surface area contributed by atoms with Gasteiger partial charge in [0.15, 0.2) is 5.82 Å². The second-order valence-corrected chi connectivity index (χ2v) is 8.46. The van der Waals surface area contributed by atoms with E-state index in [1.165, 1.54) is 12.5 Å². The maximum Gasteiger partial charge on any atom is 0.230 e. The molecule has 0 aliphatic heterocycles. The molecule has 3 rings (SSSR count). The van der Waals surface area contributed by atoms with E-state index in [-0.39, 0.29) is 17.9 Å². The first-order chi connectivity index (χ1) is 15.1. The average Bonchev–Trinajstić information content (AvgIpc) is 3.21. The third kappa shape index (κ3) is 6.61. The van der Waals surface area contributed by atoms with Crippen molar-refractivity contribution < 1.29 is 14.1 Å². The number of amides is 1. The zero-order valence-corrected chi connectivity index (χ0v) is 18.6. The van der Waals surface area contributed by atoms with Crippen molar-refractivity contribution in [2.45, 2.75) is 77.7 Å². The summed E-state index contributed by atoms with van der Waals surface area (Å²) in [6.45, 7) is 3.95. The third-order valence-electron chi connectivity index (χ3n) is 5.98. The van der Waals surface area contributed by atoms with Gasteiger partial charge >= 0.3 is 0 Å². The summed E-state index contributed by atoms with van der Waals surface area (Å²) in [4.78, 5) is 30.5. The van der Waals surface area contributed by atoms with Crippen LogP contribution < -0.4 is 4.90 Å². The Bertz CT molecular complexity index is 884. The van der Waals surface area contributed by atoms with Crippen molar-refractivity contribution >= 4 is 24.0 Å². The molecule has 0 bridgehead atoms. The summed E-state index contributed by atoms with van der Waals surface area (Å²) in [5.74, 6) is 1.68. The number of aryl methyl sites for hydroxylation is 2. The standard InChI is InChI=1S/C25H33N3O3/c1-19(10-6-7-16-24-26-20(2)27-31-24)28(25(30)22-13-4-3-5-14-22)23-15-8-11-21(18-23)12-9-17-29/h8-9,11-12,15,17-19,22H,3-7,10,13-14,16H2,1-2H3/b12-9+. The van der Waals surface area contributed by atoms with Gasteiger partial charge in [0, 0.05) is 24.1 Å². The van der Waals surface area contributed by atoms with Crippen LogP contribution in [0.25, 0.3) is 6.08 Å². The first-order valence-electron chi connectivity index (χ1n) is 11.4. The molecule has 1 atom stereocenters. The molecule has 31 heavy (non-hydrogen) atoms. The van der Waals surface area contributed by atoms with Gasteiger partial charge in [0.05, 0.1) is 0 Å². The number of unbranched alkanes of at least 4 members (excludes halogenated alkanes) is 1. The van der Waals surface area contributed by atoms with E-state index in [2.05, 4.69) is 17.1 Å². The van der Waals surface area contributed by atoms with Gasteiger partial charge < -0.3 is 9.42 Å². The number of rotatable bonds is 10. The van der Waals surface area contributed by atoms with E-state index in [0.717, 1.165) is 68.9 Å². The van der Waals surface area contributed by atoms with Crippen molar-refractivity contribution in [3.05, 3.63) is 47.6 Å². The maximum absolute atomic E-state index is 13.5. The fourth-order valence-corrected chi connectivity index (χ4v) is 4.36. The fraction of sp³-hybridized carbons (Fsp3) is 0.520. The molecule has 6 heteroatoms. The number of hydrogen-bond acceptors (Lipinski definition) is 5. The first-order valence-corrected chi connectivity index (χ1v) is 11.4. The quantitative estimate of drug-likeness (QED) is 0.294. The van der Waals surface area contributed by atoms with E-state index in [1.807, 2.05) is 36.1 Å². The molecule has 1 aromatic heterocycles. The third-order valence-corrected chi connectivity index (χ3v) is 5.98. The molecule has 0 radical (unpaired) electrons. The smallest absolute Gasteiger partial charge is 0.230 e. The molecule has 6 nitrogen and oxygen atoms in total. The van der Waals surface area contributed by atoms with Crippen molar-refractivity contribution in [1.29, 1.82) is 0 Å². The van der Waals surface area contributed by atoms with Gasteiger partial charge in [-0.05, 0) is 63.3 Å². The summed E-state index contributed by atoms with van der Waals surface area (Å²) in [6, 6.07) is 7.98. The summed E-state index contributed by atoms with van der Waals surface area (Å²) in [7, 11) is 0. The van der Waals surface area contributed by atoms with Gasteiger partial charge in [-0.3, -0.25) is 9.59 Å². The molecule has 0 saturated heterocycles. The van der Waals surface area contributed by atoms with Crippen LogP contribution in [0.1, 0.15) is 75.6 Å². The number of aldehydes is 1. The number of carbonyl (C=O) groups excluding carboxylic acids is 2. The van der Waals surface area contributed by atoms with Crippen molar-refractivity contribution in [3.8, 4) is 0 Å². The second kappa shape index (κ2) is 11.6. The Labute approximate surface area is 184 Å². The zero-order valence-electron chi connectivity index (χ0n) is 18.6. The number of nitrogens with zero attached hydrogens (tertiary/aromatic N) is 3. The van der Waals surface area contributed by atoms with Crippen LogP contribution in [0.5, 0.6) is 0 Å². The lowest BCUT2D eigenvalue weighted by Gasteiger charge is -2.34. The van der Waals surface area contributed by atoms with Crippen LogP contribution in [-0.4, -0.2) is 28.4 Å². The highest BCUT2D eigenvalue weighted by Gasteiger charge is 2.29. The van der Waals surface area contributed by atoms with Gasteiger partial charge in [-0.25, -0.2) is 0 Å². The van der Waals surface area contributed by atoms with Crippen LogP contribution in [0.15, 0.2) is 34.9 Å². The molecule has 2 aromatic rings. The Morgan fingerprint density at radius 2 is 2.06 bits per heavy atom. The second-order valence-electron chi connectivity index (χ2n) is 8.46. The van der Waals surface area contributed by atoms with E-state index in [1.54, 1.807) is 6.08 Å². The SMILES string of the molecule is Cc1noc(CCCCC(C)N(C(=O)C2CCCCC2)c2cccc(/C=C/C=O)c2)n1. The highest BCUT2D eigenvalue weighted by molar-refractivity contribution is 5.96. The van der Waals surface area contributed by atoms with Crippen LogP contribution in [0, 0.1) is 12.8 Å². The Morgan fingerprint density at radius 3 is 2.77 bits per heavy atom. The molecule has 1 amide bonds. The number of benzene rings is 1. The summed E-state index contributed by atoms with van der Waals surface area (Å²) in [5.41, 5.74) is 1.83. The molecule has 1 fully saturated rings. The summed E-state index contributed by atoms with van der Waals surface area (Å²) in [5, 5.41) is 3.84. The fourth-order valence-electron chi connectivity index (χ4n) is 4.36. The van der Waals surface area contributed by atoms with Crippen LogP contribution >= 0.6 is 0 Å². The lowest BCUT2D eigenvalue weighted by molar-refractivity contribution is -0.123. The van der Waals surface area contributed by atoms with E-state index < -0.39 is 0 Å². The van der Waals surface area contributed by atoms with Gasteiger partial charge in [0.1, 0.15) is 6.29 Å². The minimum Gasteiger partial charge on any atom is -0.339 e. The van der Waals surface area contributed by atoms with E-state index in [9.17, 15) is 9.59 Å². The molecule has 1 aliphatic carbocycles. The van der Waals surface area contributed by atoms with Gasteiger partial charge in [-0.2, -0.15) is 4.98 Å². The summed E-state index contributed by atoms with van der Waals surface area (Å²) < 4.78 is 5.19. The predicted molar refractivity (Wildman–Crippen MR) is 122 cm³/mol. The predicted octanol–water partition coefficient (Wildman–Crippen LogP) is 5.30. The van der Waals surface area contributed by atoms with Crippen LogP contribution in [0.3, 0.4) is 0 Å². The molecule has 1 heterocycles. The number of hydrogen-bond donors (Lipinski definition) is 0. The van der Waals surface area contributed by atoms with E-state index in [0.29, 0.717) is 11.7 Å². The topological polar surface area (TPSA) is 76.3 Å². The monoisotopic (exact) mass is 423 g/mol. The number of allylic oxidation sites excluding steroid dienone is 1. The molecule has 1 unspecified atom stereocenters. The number of carbonyl (C=O) groups is 2. The highest BCUT2D eigenvalue weighted by atomic mass is 16.5. The van der Waals surface area contributed by atoms with Crippen LogP contribution in [0.2, 0.25) is 0 Å².